The van der Waals surface area contributed by atoms with Crippen LogP contribution in [0, 0.1) is 0 Å². The monoisotopic (exact) mass is 379 g/mol. The molecule has 2 aromatic carbocycles. The lowest BCUT2D eigenvalue weighted by Crippen LogP contribution is -2.52. The maximum absolute atomic E-state index is 12.7. The first-order valence-corrected chi connectivity index (χ1v) is 10.4. The van der Waals surface area contributed by atoms with Gasteiger partial charge in [0, 0.05) is 24.9 Å². The van der Waals surface area contributed by atoms with E-state index in [0.29, 0.717) is 19.4 Å². The van der Waals surface area contributed by atoms with Crippen molar-refractivity contribution in [2.75, 3.05) is 0 Å². The first-order chi connectivity index (χ1) is 13.6. The first-order valence-electron chi connectivity index (χ1n) is 10.4. The number of carbonyl (C=O) groups excluding carboxylic acids is 1. The van der Waals surface area contributed by atoms with Crippen molar-refractivity contribution in [2.24, 2.45) is 0 Å². The molecule has 0 aromatic heterocycles. The Morgan fingerprint density at radius 3 is 2.29 bits per heavy atom. The van der Waals surface area contributed by atoms with Crippen LogP contribution in [-0.2, 0) is 23.4 Å². The maximum Gasteiger partial charge on any atom is 0.410 e. The second-order valence-electron chi connectivity index (χ2n) is 8.22. The second-order valence-corrected chi connectivity index (χ2v) is 8.22. The summed E-state index contributed by atoms with van der Waals surface area (Å²) in [6.07, 6.45) is 4.95. The third-order valence-corrected chi connectivity index (χ3v) is 6.21. The van der Waals surface area contributed by atoms with Crippen LogP contribution in [-0.4, -0.2) is 28.2 Å². The van der Waals surface area contributed by atoms with Crippen LogP contribution in [0.15, 0.2) is 54.6 Å². The summed E-state index contributed by atoms with van der Waals surface area (Å²) < 4.78 is 5.57. The quantitative estimate of drug-likeness (QED) is 0.812. The van der Waals surface area contributed by atoms with E-state index < -0.39 is 5.60 Å². The minimum absolute atomic E-state index is 0.0438. The zero-order valence-corrected chi connectivity index (χ0v) is 16.5. The maximum atomic E-state index is 12.7. The average molecular weight is 380 g/mol. The molecule has 2 fully saturated rings. The smallest absolute Gasteiger partial charge is 0.410 e. The number of aliphatic hydroxyl groups is 1. The third kappa shape index (κ3) is 3.79. The number of aryl methyl sites for hydroxylation is 1. The third-order valence-electron chi connectivity index (χ3n) is 6.21. The Bertz CT molecular complexity index is 788. The van der Waals surface area contributed by atoms with Gasteiger partial charge < -0.3 is 14.7 Å². The Balaban J connectivity index is 1.42. The van der Waals surface area contributed by atoms with Crippen molar-refractivity contribution in [3.63, 3.8) is 0 Å². The van der Waals surface area contributed by atoms with Crippen LogP contribution >= 0.6 is 0 Å². The molecule has 4 nitrogen and oxygen atoms in total. The highest BCUT2D eigenvalue weighted by atomic mass is 16.6. The van der Waals surface area contributed by atoms with Crippen LogP contribution in [0.2, 0.25) is 0 Å². The van der Waals surface area contributed by atoms with Crippen LogP contribution in [0.4, 0.5) is 4.79 Å². The fourth-order valence-corrected chi connectivity index (χ4v) is 4.82. The molecule has 2 bridgehead atoms. The van der Waals surface area contributed by atoms with Crippen molar-refractivity contribution in [3.05, 3.63) is 71.3 Å². The van der Waals surface area contributed by atoms with E-state index in [1.165, 1.54) is 5.56 Å². The Kier molecular flexibility index (Phi) is 5.40. The van der Waals surface area contributed by atoms with Crippen molar-refractivity contribution < 1.29 is 14.6 Å². The van der Waals surface area contributed by atoms with E-state index in [2.05, 4.69) is 31.2 Å². The number of carbonyl (C=O) groups is 1. The molecule has 2 aromatic rings. The Hall–Kier alpha value is -2.33. The normalized spacial score (nSPS) is 26.3. The number of hydrogen-bond donors (Lipinski definition) is 1. The second kappa shape index (κ2) is 7.96. The van der Waals surface area contributed by atoms with Crippen LogP contribution in [0.5, 0.6) is 0 Å². The zero-order chi connectivity index (χ0) is 19.6. The molecule has 0 radical (unpaired) electrons. The van der Waals surface area contributed by atoms with E-state index in [0.717, 1.165) is 36.8 Å². The van der Waals surface area contributed by atoms with Crippen molar-refractivity contribution in [1.29, 1.82) is 0 Å². The van der Waals surface area contributed by atoms with Crippen molar-refractivity contribution in [1.82, 2.24) is 4.90 Å². The molecule has 2 aliphatic rings. The van der Waals surface area contributed by atoms with Crippen LogP contribution in [0.25, 0.3) is 0 Å². The Labute approximate surface area is 167 Å². The van der Waals surface area contributed by atoms with Crippen LogP contribution < -0.4 is 0 Å². The number of rotatable bonds is 5. The van der Waals surface area contributed by atoms with Gasteiger partial charge in [-0.3, -0.25) is 0 Å². The minimum atomic E-state index is -0.854. The molecule has 2 heterocycles. The van der Waals surface area contributed by atoms with E-state index in [-0.39, 0.29) is 18.2 Å². The lowest BCUT2D eigenvalue weighted by Gasteiger charge is -2.43. The van der Waals surface area contributed by atoms with Gasteiger partial charge in [0.2, 0.25) is 0 Å². The minimum Gasteiger partial charge on any atom is -0.445 e. The Morgan fingerprint density at radius 1 is 1.04 bits per heavy atom. The zero-order valence-electron chi connectivity index (χ0n) is 16.5. The molecule has 148 valence electrons. The molecule has 0 aliphatic carbocycles. The van der Waals surface area contributed by atoms with Gasteiger partial charge in [-0.25, -0.2) is 4.79 Å². The van der Waals surface area contributed by atoms with Crippen molar-refractivity contribution >= 4 is 6.09 Å². The van der Waals surface area contributed by atoms with Crippen molar-refractivity contribution in [3.8, 4) is 0 Å². The highest BCUT2D eigenvalue weighted by Gasteiger charge is 2.50. The van der Waals surface area contributed by atoms with Crippen molar-refractivity contribution in [2.45, 2.75) is 69.7 Å². The highest BCUT2D eigenvalue weighted by Crippen LogP contribution is 2.46. The number of nitrogens with zero attached hydrogens (tertiary/aromatic N) is 1. The molecule has 4 heteroatoms. The van der Waals surface area contributed by atoms with Gasteiger partial charge >= 0.3 is 6.09 Å². The summed E-state index contributed by atoms with van der Waals surface area (Å²) in [5.41, 5.74) is 2.41. The van der Waals surface area contributed by atoms with E-state index >= 15 is 0 Å². The number of piperidine rings is 1. The number of hydrogen-bond acceptors (Lipinski definition) is 3. The molecule has 4 rings (SSSR count). The van der Waals surface area contributed by atoms with E-state index in [1.54, 1.807) is 0 Å². The average Bonchev–Trinajstić information content (AvgIpc) is 3.00. The molecule has 0 spiro atoms. The molecular formula is C24H29NO3. The predicted octanol–water partition coefficient (Wildman–Crippen LogP) is 4.79. The predicted molar refractivity (Wildman–Crippen MR) is 109 cm³/mol. The van der Waals surface area contributed by atoms with Gasteiger partial charge in [-0.05, 0) is 36.0 Å². The van der Waals surface area contributed by atoms with Gasteiger partial charge in [0.1, 0.15) is 6.61 Å². The lowest BCUT2D eigenvalue weighted by molar-refractivity contribution is -0.0536. The van der Waals surface area contributed by atoms with Crippen LogP contribution in [0.3, 0.4) is 0 Å². The molecule has 1 amide bonds. The molecule has 28 heavy (non-hydrogen) atoms. The molecule has 1 N–H and O–H groups in total. The van der Waals surface area contributed by atoms with Gasteiger partial charge in [0.05, 0.1) is 5.60 Å². The summed E-state index contributed by atoms with van der Waals surface area (Å²) >= 11 is 0. The summed E-state index contributed by atoms with van der Waals surface area (Å²) in [6.45, 7) is 2.46. The lowest BCUT2D eigenvalue weighted by atomic mass is 9.80. The molecule has 0 saturated carbocycles. The summed E-state index contributed by atoms with van der Waals surface area (Å²) in [7, 11) is 0. The molecule has 2 saturated heterocycles. The van der Waals surface area contributed by atoms with Gasteiger partial charge in [-0.15, -0.1) is 0 Å². The number of amides is 1. The fraction of sp³-hybridized carbons (Fsp3) is 0.458. The Morgan fingerprint density at radius 2 is 1.68 bits per heavy atom. The van der Waals surface area contributed by atoms with E-state index in [9.17, 15) is 9.90 Å². The topological polar surface area (TPSA) is 49.8 Å². The molecule has 2 aliphatic heterocycles. The summed E-state index contributed by atoms with van der Waals surface area (Å²) in [4.78, 5) is 14.6. The molecule has 2 atom stereocenters. The van der Waals surface area contributed by atoms with Gasteiger partial charge in [0.25, 0.3) is 0 Å². The number of ether oxygens (including phenoxy) is 1. The molecular weight excluding hydrogens is 350 g/mol. The fourth-order valence-electron chi connectivity index (χ4n) is 4.82. The summed E-state index contributed by atoms with van der Waals surface area (Å²) in [5.74, 6) is 0. The van der Waals surface area contributed by atoms with E-state index in [1.807, 2.05) is 35.2 Å². The van der Waals surface area contributed by atoms with Gasteiger partial charge in [-0.2, -0.15) is 0 Å². The highest BCUT2D eigenvalue weighted by molar-refractivity contribution is 5.69. The summed E-state index contributed by atoms with van der Waals surface area (Å²) in [5, 5.41) is 11.4. The standard InChI is InChI=1S/C24H29NO3/c1-2-6-18-9-11-20(12-10-18)24(27)15-21-13-14-22(16-24)25(21)23(26)28-17-19-7-4-3-5-8-19/h3-5,7-12,21-22,27H,2,6,13-17H2,1H3. The SMILES string of the molecule is CCCc1ccc(C2(O)CC3CCC(C2)N3C(=O)OCc2ccccc2)cc1. The van der Waals surface area contributed by atoms with E-state index in [4.69, 9.17) is 4.74 Å². The summed E-state index contributed by atoms with van der Waals surface area (Å²) in [6, 6.07) is 18.2. The molecule has 2 unspecified atom stereocenters. The number of fused-ring (bicyclic) bond motifs is 2. The van der Waals surface area contributed by atoms with Gasteiger partial charge in [-0.1, -0.05) is 67.9 Å². The first kappa shape index (κ1) is 19.0. The largest absolute Gasteiger partial charge is 0.445 e. The van der Waals surface area contributed by atoms with Crippen LogP contribution in [0.1, 0.15) is 55.7 Å². The van der Waals surface area contributed by atoms with Gasteiger partial charge in [0.15, 0.2) is 0 Å². The number of benzene rings is 2.